The van der Waals surface area contributed by atoms with E-state index in [1.807, 2.05) is 30.3 Å². The molecule has 5 nitrogen and oxygen atoms in total. The highest BCUT2D eigenvalue weighted by Gasteiger charge is 2.18. The maximum absolute atomic E-state index is 13.4. The zero-order chi connectivity index (χ0) is 19.3. The predicted molar refractivity (Wildman–Crippen MR) is 109 cm³/mol. The summed E-state index contributed by atoms with van der Waals surface area (Å²) in [4.78, 5) is 9.19. The average Bonchev–Trinajstić information content (AvgIpc) is 2.94. The van der Waals surface area contributed by atoms with E-state index in [2.05, 4.69) is 20.0 Å². The Morgan fingerprint density at radius 3 is 2.75 bits per heavy atom. The van der Waals surface area contributed by atoms with Gasteiger partial charge in [0.1, 0.15) is 5.82 Å². The van der Waals surface area contributed by atoms with Crippen LogP contribution in [0.4, 0.5) is 10.3 Å². The lowest BCUT2D eigenvalue weighted by atomic mass is 10.2. The molecule has 0 atom stereocenters. The van der Waals surface area contributed by atoms with Crippen molar-refractivity contribution in [1.29, 1.82) is 0 Å². The molecule has 1 fully saturated rings. The molecule has 0 spiro atoms. The molecular formula is C21H21ClFN5. The Morgan fingerprint density at radius 2 is 1.89 bits per heavy atom. The fraction of sp³-hybridized carbons (Fsp3) is 0.286. The summed E-state index contributed by atoms with van der Waals surface area (Å²) >= 11 is 6.09. The third-order valence-corrected chi connectivity index (χ3v) is 5.07. The predicted octanol–water partition coefficient (Wildman–Crippen LogP) is 4.04. The van der Waals surface area contributed by atoms with Crippen LogP contribution < -0.4 is 4.90 Å². The molecule has 0 N–H and O–H groups in total. The van der Waals surface area contributed by atoms with Crippen molar-refractivity contribution in [2.45, 2.75) is 13.0 Å². The van der Waals surface area contributed by atoms with E-state index in [0.29, 0.717) is 11.0 Å². The Kier molecular flexibility index (Phi) is 5.78. The summed E-state index contributed by atoms with van der Waals surface area (Å²) in [5.41, 5.74) is 2.67. The minimum atomic E-state index is -0.189. The highest BCUT2D eigenvalue weighted by molar-refractivity contribution is 6.30. The van der Waals surface area contributed by atoms with E-state index in [9.17, 15) is 4.39 Å². The number of aromatic nitrogens is 3. The van der Waals surface area contributed by atoms with E-state index in [4.69, 9.17) is 16.6 Å². The lowest BCUT2D eigenvalue weighted by Crippen LogP contribution is -2.31. The van der Waals surface area contributed by atoms with Crippen LogP contribution in [0.1, 0.15) is 12.0 Å². The highest BCUT2D eigenvalue weighted by Crippen LogP contribution is 2.22. The van der Waals surface area contributed by atoms with Crippen LogP contribution in [-0.4, -0.2) is 46.3 Å². The molecule has 7 heteroatoms. The van der Waals surface area contributed by atoms with Gasteiger partial charge >= 0.3 is 0 Å². The molecule has 144 valence electrons. The van der Waals surface area contributed by atoms with Crippen LogP contribution in [0, 0.1) is 5.82 Å². The smallest absolute Gasteiger partial charge is 0.245 e. The summed E-state index contributed by atoms with van der Waals surface area (Å²) in [7, 11) is 0. The normalized spacial score (nSPS) is 15.4. The first-order chi connectivity index (χ1) is 13.7. The van der Waals surface area contributed by atoms with Crippen LogP contribution in [0.15, 0.2) is 54.7 Å². The van der Waals surface area contributed by atoms with Crippen molar-refractivity contribution < 1.29 is 4.39 Å². The fourth-order valence-corrected chi connectivity index (χ4v) is 3.63. The van der Waals surface area contributed by atoms with Gasteiger partial charge in [0.15, 0.2) is 0 Å². The topological polar surface area (TPSA) is 45.2 Å². The van der Waals surface area contributed by atoms with Crippen molar-refractivity contribution in [2.24, 2.45) is 0 Å². The zero-order valence-corrected chi connectivity index (χ0v) is 16.2. The molecule has 0 amide bonds. The first-order valence-electron chi connectivity index (χ1n) is 9.35. The van der Waals surface area contributed by atoms with Gasteiger partial charge in [-0.3, -0.25) is 4.90 Å². The molecule has 0 saturated carbocycles. The Balaban J connectivity index is 1.45. The molecule has 2 heterocycles. The molecule has 2 aromatic carbocycles. The van der Waals surface area contributed by atoms with E-state index in [-0.39, 0.29) is 5.82 Å². The number of hydrogen-bond donors (Lipinski definition) is 0. The molecule has 1 saturated heterocycles. The summed E-state index contributed by atoms with van der Waals surface area (Å²) in [5.74, 6) is 0.441. The largest absolute Gasteiger partial charge is 0.338 e. The number of benzene rings is 2. The number of anilines is 1. The Bertz CT molecular complexity index is 951. The van der Waals surface area contributed by atoms with Gasteiger partial charge in [-0.05, 0) is 36.2 Å². The van der Waals surface area contributed by atoms with Crippen LogP contribution in [-0.2, 0) is 6.54 Å². The molecule has 4 rings (SSSR count). The van der Waals surface area contributed by atoms with Crippen molar-refractivity contribution in [1.82, 2.24) is 20.1 Å². The Labute approximate surface area is 168 Å². The van der Waals surface area contributed by atoms with Crippen LogP contribution >= 0.6 is 11.6 Å². The van der Waals surface area contributed by atoms with E-state index < -0.39 is 0 Å². The van der Waals surface area contributed by atoms with Gasteiger partial charge in [0.25, 0.3) is 0 Å². The van der Waals surface area contributed by atoms with Crippen molar-refractivity contribution in [2.75, 3.05) is 31.1 Å². The zero-order valence-electron chi connectivity index (χ0n) is 15.4. The monoisotopic (exact) mass is 397 g/mol. The third-order valence-electron chi connectivity index (χ3n) is 4.83. The molecule has 1 aromatic heterocycles. The summed E-state index contributed by atoms with van der Waals surface area (Å²) in [6, 6.07) is 14.4. The summed E-state index contributed by atoms with van der Waals surface area (Å²) < 4.78 is 13.4. The maximum Gasteiger partial charge on any atom is 0.245 e. The SMILES string of the molecule is Fc1cccc(CN2CCCN(c3nncc(-c4cccc(Cl)c4)n3)CC2)c1. The lowest BCUT2D eigenvalue weighted by Gasteiger charge is -2.22. The number of halogens is 2. The Morgan fingerprint density at radius 1 is 1.00 bits per heavy atom. The first-order valence-corrected chi connectivity index (χ1v) is 9.72. The van der Waals surface area contributed by atoms with E-state index in [1.54, 1.807) is 18.3 Å². The van der Waals surface area contributed by atoms with Crippen LogP contribution in [0.3, 0.4) is 0 Å². The second kappa shape index (κ2) is 8.63. The maximum atomic E-state index is 13.4. The second-order valence-corrected chi connectivity index (χ2v) is 7.34. The highest BCUT2D eigenvalue weighted by atomic mass is 35.5. The molecule has 0 bridgehead atoms. The second-order valence-electron chi connectivity index (χ2n) is 6.90. The molecule has 1 aliphatic rings. The minimum Gasteiger partial charge on any atom is -0.338 e. The van der Waals surface area contributed by atoms with Gasteiger partial charge in [0, 0.05) is 43.3 Å². The first kappa shape index (κ1) is 18.8. The van der Waals surface area contributed by atoms with Crippen LogP contribution in [0.5, 0.6) is 0 Å². The number of rotatable bonds is 4. The van der Waals surface area contributed by atoms with Crippen LogP contribution in [0.25, 0.3) is 11.3 Å². The molecule has 28 heavy (non-hydrogen) atoms. The third kappa shape index (κ3) is 4.64. The standard InChI is InChI=1S/C21H21ClFN5/c22-18-6-2-5-17(13-18)20-14-24-26-21(25-20)28-9-3-8-27(10-11-28)15-16-4-1-7-19(23)12-16/h1-2,4-7,12-14H,3,8-11,15H2. The molecule has 0 unspecified atom stereocenters. The Hall–Kier alpha value is -2.57. The quantitative estimate of drug-likeness (QED) is 0.664. The van der Waals surface area contributed by atoms with Crippen LogP contribution in [0.2, 0.25) is 5.02 Å². The van der Waals surface area contributed by atoms with Crippen molar-refractivity contribution in [3.8, 4) is 11.3 Å². The lowest BCUT2D eigenvalue weighted by molar-refractivity contribution is 0.285. The minimum absolute atomic E-state index is 0.189. The number of nitrogens with zero attached hydrogens (tertiary/aromatic N) is 5. The average molecular weight is 398 g/mol. The van der Waals surface area contributed by atoms with Gasteiger partial charge in [-0.25, -0.2) is 9.37 Å². The van der Waals surface area contributed by atoms with Gasteiger partial charge in [0.05, 0.1) is 11.9 Å². The van der Waals surface area contributed by atoms with Gasteiger partial charge in [-0.15, -0.1) is 5.10 Å². The van der Waals surface area contributed by atoms with Gasteiger partial charge < -0.3 is 4.90 Å². The van der Waals surface area contributed by atoms with E-state index in [0.717, 1.165) is 56.0 Å². The fourth-order valence-electron chi connectivity index (χ4n) is 3.44. The summed E-state index contributed by atoms with van der Waals surface area (Å²) in [6.07, 6.45) is 2.64. The van der Waals surface area contributed by atoms with E-state index >= 15 is 0 Å². The van der Waals surface area contributed by atoms with Gasteiger partial charge in [-0.2, -0.15) is 5.10 Å². The van der Waals surface area contributed by atoms with Crippen molar-refractivity contribution in [3.05, 3.63) is 71.1 Å². The molecule has 1 aliphatic heterocycles. The van der Waals surface area contributed by atoms with Crippen molar-refractivity contribution in [3.63, 3.8) is 0 Å². The van der Waals surface area contributed by atoms with E-state index in [1.165, 1.54) is 6.07 Å². The summed E-state index contributed by atoms with van der Waals surface area (Å²) in [6.45, 7) is 4.22. The van der Waals surface area contributed by atoms with Crippen molar-refractivity contribution >= 4 is 17.5 Å². The van der Waals surface area contributed by atoms with Gasteiger partial charge in [0.2, 0.25) is 5.95 Å². The molecule has 0 aliphatic carbocycles. The number of hydrogen-bond acceptors (Lipinski definition) is 5. The molecule has 0 radical (unpaired) electrons. The molecular weight excluding hydrogens is 377 g/mol. The molecule has 3 aromatic rings. The summed E-state index contributed by atoms with van der Waals surface area (Å²) in [5, 5.41) is 9.04. The van der Waals surface area contributed by atoms with Gasteiger partial charge in [-0.1, -0.05) is 35.9 Å².